The van der Waals surface area contributed by atoms with Crippen molar-refractivity contribution >= 4 is 22.8 Å². The van der Waals surface area contributed by atoms with Crippen LogP contribution in [-0.4, -0.2) is 32.2 Å². The fourth-order valence-electron chi connectivity index (χ4n) is 3.12. The molecule has 3 aromatic rings. The fraction of sp³-hybridized carbons (Fsp3) is 0.278. The van der Waals surface area contributed by atoms with Crippen LogP contribution >= 0.6 is 0 Å². The lowest BCUT2D eigenvalue weighted by molar-refractivity contribution is -0.139. The molecule has 0 aliphatic carbocycles. The Balaban J connectivity index is 2.01. The number of amides is 1. The number of carboxylic acid groups (broad SMARTS) is 1. The van der Waals surface area contributed by atoms with Crippen molar-refractivity contribution in [2.75, 3.05) is 0 Å². The molecule has 0 aliphatic heterocycles. The third kappa shape index (κ3) is 2.77. The van der Waals surface area contributed by atoms with E-state index in [9.17, 15) is 14.7 Å². The first-order chi connectivity index (χ1) is 11.8. The van der Waals surface area contributed by atoms with Gasteiger partial charge in [-0.25, -0.2) is 4.79 Å². The summed E-state index contributed by atoms with van der Waals surface area (Å²) in [5.74, 6) is -1.58. The molecule has 7 nitrogen and oxygen atoms in total. The van der Waals surface area contributed by atoms with Crippen LogP contribution in [0.15, 0.2) is 18.2 Å². The first-order valence-corrected chi connectivity index (χ1v) is 7.94. The average Bonchev–Trinajstić information content (AvgIpc) is 3.04. The van der Waals surface area contributed by atoms with Crippen LogP contribution in [0.5, 0.6) is 0 Å². The number of benzene rings is 1. The lowest BCUT2D eigenvalue weighted by Crippen LogP contribution is -2.34. The number of fused-ring (bicyclic) bond motifs is 1. The number of aromatic amines is 2. The monoisotopic (exact) mass is 340 g/mol. The Hall–Kier alpha value is -3.09. The number of carbonyl (C=O) groups excluding carboxylic acids is 1. The molecule has 2 heterocycles. The summed E-state index contributed by atoms with van der Waals surface area (Å²) >= 11 is 0. The standard InChI is InChI=1S/C18H20N4O3/c1-8-9(2)19-15-12(8)6-5-7-13(15)17(23)20-16(18(24)25)14-10(3)21-22-11(14)4/h5-7,16,19H,1-4H3,(H,20,23)(H,21,22)(H,24,25). The second kappa shape index (κ2) is 6.08. The Bertz CT molecular complexity index is 964. The zero-order chi connectivity index (χ0) is 18.3. The highest BCUT2D eigenvalue weighted by molar-refractivity contribution is 6.07. The van der Waals surface area contributed by atoms with E-state index in [0.29, 0.717) is 28.0 Å². The second-order valence-corrected chi connectivity index (χ2v) is 6.20. The van der Waals surface area contributed by atoms with E-state index in [2.05, 4.69) is 20.5 Å². The Kier molecular flexibility index (Phi) is 4.08. The first-order valence-electron chi connectivity index (χ1n) is 7.94. The number of para-hydroxylation sites is 1. The van der Waals surface area contributed by atoms with Crippen LogP contribution in [0.3, 0.4) is 0 Å². The van der Waals surface area contributed by atoms with Gasteiger partial charge in [0.1, 0.15) is 0 Å². The average molecular weight is 340 g/mol. The van der Waals surface area contributed by atoms with Gasteiger partial charge in [-0.1, -0.05) is 12.1 Å². The number of hydrogen-bond acceptors (Lipinski definition) is 3. The van der Waals surface area contributed by atoms with Crippen molar-refractivity contribution in [1.82, 2.24) is 20.5 Å². The largest absolute Gasteiger partial charge is 0.479 e. The van der Waals surface area contributed by atoms with Crippen LogP contribution in [0.2, 0.25) is 0 Å². The van der Waals surface area contributed by atoms with Crippen molar-refractivity contribution < 1.29 is 14.7 Å². The zero-order valence-corrected chi connectivity index (χ0v) is 14.5. The van der Waals surface area contributed by atoms with Gasteiger partial charge in [0.25, 0.3) is 5.91 Å². The molecule has 7 heteroatoms. The molecule has 25 heavy (non-hydrogen) atoms. The second-order valence-electron chi connectivity index (χ2n) is 6.20. The van der Waals surface area contributed by atoms with E-state index in [0.717, 1.165) is 16.6 Å². The minimum atomic E-state index is -1.17. The van der Waals surface area contributed by atoms with E-state index in [1.807, 2.05) is 19.9 Å². The molecule has 1 aromatic carbocycles. The molecule has 0 saturated heterocycles. The zero-order valence-electron chi connectivity index (χ0n) is 14.5. The molecule has 130 valence electrons. The van der Waals surface area contributed by atoms with Crippen LogP contribution in [0.4, 0.5) is 0 Å². The number of aliphatic carboxylic acids is 1. The lowest BCUT2D eigenvalue weighted by atomic mass is 10.0. The van der Waals surface area contributed by atoms with Crippen LogP contribution in [0, 0.1) is 27.7 Å². The summed E-state index contributed by atoms with van der Waals surface area (Å²) in [4.78, 5) is 27.7. The summed E-state index contributed by atoms with van der Waals surface area (Å²) in [7, 11) is 0. The molecule has 2 aromatic heterocycles. The number of carbonyl (C=O) groups is 2. The topological polar surface area (TPSA) is 111 Å². The SMILES string of the molecule is Cc1n[nH]c(C)c1C(NC(=O)c1cccc2c(C)c(C)[nH]c12)C(=O)O. The fourth-order valence-corrected chi connectivity index (χ4v) is 3.12. The van der Waals surface area contributed by atoms with Gasteiger partial charge in [-0.05, 0) is 39.3 Å². The summed E-state index contributed by atoms with van der Waals surface area (Å²) in [6, 6.07) is 4.24. The van der Waals surface area contributed by atoms with Gasteiger partial charge in [-0.15, -0.1) is 0 Å². The van der Waals surface area contributed by atoms with Gasteiger partial charge in [0.2, 0.25) is 0 Å². The summed E-state index contributed by atoms with van der Waals surface area (Å²) < 4.78 is 0. The number of hydrogen-bond donors (Lipinski definition) is 4. The maximum Gasteiger partial charge on any atom is 0.331 e. The third-order valence-electron chi connectivity index (χ3n) is 4.58. The molecule has 0 bridgehead atoms. The molecule has 3 rings (SSSR count). The molecular weight excluding hydrogens is 320 g/mol. The normalized spacial score (nSPS) is 12.3. The van der Waals surface area contributed by atoms with Crippen molar-refractivity contribution in [3.63, 3.8) is 0 Å². The number of aryl methyl sites for hydroxylation is 4. The lowest BCUT2D eigenvalue weighted by Gasteiger charge is -2.15. The van der Waals surface area contributed by atoms with Crippen molar-refractivity contribution in [1.29, 1.82) is 0 Å². The minimum absolute atomic E-state index is 0.416. The molecule has 0 spiro atoms. The van der Waals surface area contributed by atoms with E-state index in [1.54, 1.807) is 26.0 Å². The predicted molar refractivity (Wildman–Crippen MR) is 93.7 cm³/mol. The van der Waals surface area contributed by atoms with E-state index in [4.69, 9.17) is 0 Å². The number of nitrogens with one attached hydrogen (secondary N) is 3. The van der Waals surface area contributed by atoms with E-state index in [1.165, 1.54) is 0 Å². The predicted octanol–water partition coefficient (Wildman–Crippen LogP) is 2.68. The number of H-pyrrole nitrogens is 2. The summed E-state index contributed by atoms with van der Waals surface area (Å²) in [6.07, 6.45) is 0. The van der Waals surface area contributed by atoms with Gasteiger partial charge in [0.15, 0.2) is 6.04 Å². The highest BCUT2D eigenvalue weighted by atomic mass is 16.4. The molecule has 0 fully saturated rings. The molecule has 4 N–H and O–H groups in total. The van der Waals surface area contributed by atoms with Crippen LogP contribution in [-0.2, 0) is 4.79 Å². The van der Waals surface area contributed by atoms with Gasteiger partial charge in [-0.3, -0.25) is 9.89 Å². The van der Waals surface area contributed by atoms with Gasteiger partial charge in [0, 0.05) is 22.3 Å². The Morgan fingerprint density at radius 3 is 2.48 bits per heavy atom. The highest BCUT2D eigenvalue weighted by Crippen LogP contribution is 2.25. The maximum atomic E-state index is 12.8. The van der Waals surface area contributed by atoms with Crippen LogP contribution < -0.4 is 5.32 Å². The number of rotatable bonds is 4. The van der Waals surface area contributed by atoms with E-state index in [-0.39, 0.29) is 0 Å². The smallest absolute Gasteiger partial charge is 0.331 e. The Labute approximate surface area is 144 Å². The van der Waals surface area contributed by atoms with E-state index >= 15 is 0 Å². The summed E-state index contributed by atoms with van der Waals surface area (Å²) in [6.45, 7) is 7.36. The molecule has 0 saturated carbocycles. The molecule has 0 radical (unpaired) electrons. The van der Waals surface area contributed by atoms with Crippen molar-refractivity contribution in [3.8, 4) is 0 Å². The van der Waals surface area contributed by atoms with Crippen LogP contribution in [0.1, 0.15) is 44.6 Å². The van der Waals surface area contributed by atoms with Gasteiger partial charge in [-0.2, -0.15) is 5.10 Å². The van der Waals surface area contributed by atoms with Gasteiger partial charge in [0.05, 0.1) is 16.8 Å². The quantitative estimate of drug-likeness (QED) is 0.585. The van der Waals surface area contributed by atoms with E-state index < -0.39 is 17.9 Å². The molecule has 1 atom stereocenters. The third-order valence-corrected chi connectivity index (χ3v) is 4.58. The number of carboxylic acids is 1. The Morgan fingerprint density at radius 1 is 1.16 bits per heavy atom. The van der Waals surface area contributed by atoms with Crippen molar-refractivity contribution in [3.05, 3.63) is 52.0 Å². The first kappa shape index (κ1) is 16.8. The molecule has 0 aliphatic rings. The molecule has 1 amide bonds. The summed E-state index contributed by atoms with van der Waals surface area (Å²) in [5.41, 5.74) is 4.82. The van der Waals surface area contributed by atoms with Crippen molar-refractivity contribution in [2.24, 2.45) is 0 Å². The number of aromatic nitrogens is 3. The molecular formula is C18H20N4O3. The maximum absolute atomic E-state index is 12.8. The van der Waals surface area contributed by atoms with Crippen LogP contribution in [0.25, 0.3) is 10.9 Å². The number of nitrogens with zero attached hydrogens (tertiary/aromatic N) is 1. The van der Waals surface area contributed by atoms with Gasteiger partial charge >= 0.3 is 5.97 Å². The summed E-state index contributed by atoms with van der Waals surface area (Å²) in [5, 5.41) is 19.9. The van der Waals surface area contributed by atoms with Crippen molar-refractivity contribution in [2.45, 2.75) is 33.7 Å². The Morgan fingerprint density at radius 2 is 1.88 bits per heavy atom. The molecule has 1 unspecified atom stereocenters. The highest BCUT2D eigenvalue weighted by Gasteiger charge is 2.28. The van der Waals surface area contributed by atoms with Gasteiger partial charge < -0.3 is 15.4 Å². The minimum Gasteiger partial charge on any atom is -0.479 e.